The maximum Gasteiger partial charge on any atom is 0.183 e. The summed E-state index contributed by atoms with van der Waals surface area (Å²) in [6.07, 6.45) is 0.973. The van der Waals surface area contributed by atoms with Gasteiger partial charge in [-0.15, -0.1) is 5.10 Å². The fourth-order valence-corrected chi connectivity index (χ4v) is 2.57. The van der Waals surface area contributed by atoms with E-state index in [1.807, 2.05) is 19.1 Å². The molecule has 0 spiro atoms. The van der Waals surface area contributed by atoms with Gasteiger partial charge in [-0.3, -0.25) is 0 Å². The van der Waals surface area contributed by atoms with Gasteiger partial charge >= 0.3 is 0 Å². The highest BCUT2D eigenvalue weighted by atomic mass is 35.5. The highest BCUT2D eigenvalue weighted by Gasteiger charge is 2.30. The Hall–Kier alpha value is -1.66. The number of nitrogens with zero attached hydrogens (tertiary/aromatic N) is 4. The Kier molecular flexibility index (Phi) is 3.12. The number of aromatic nitrogens is 4. The van der Waals surface area contributed by atoms with E-state index in [0.717, 1.165) is 18.6 Å². The largest absolute Gasteiger partial charge is 0.398 e. The van der Waals surface area contributed by atoms with Crippen molar-refractivity contribution < 1.29 is 4.74 Å². The van der Waals surface area contributed by atoms with Crippen LogP contribution in [0.1, 0.15) is 19.4 Å². The molecule has 2 N–H and O–H groups in total. The van der Waals surface area contributed by atoms with Crippen LogP contribution in [0.5, 0.6) is 0 Å². The lowest BCUT2D eigenvalue weighted by Crippen LogP contribution is -2.19. The van der Waals surface area contributed by atoms with Gasteiger partial charge < -0.3 is 10.5 Å². The number of halogens is 1. The van der Waals surface area contributed by atoms with Crippen LogP contribution >= 0.6 is 11.6 Å². The highest BCUT2D eigenvalue weighted by Crippen LogP contribution is 2.34. The molecular weight excluding hydrogens is 266 g/mol. The van der Waals surface area contributed by atoms with E-state index in [1.165, 1.54) is 0 Å². The first-order valence-corrected chi connectivity index (χ1v) is 6.50. The van der Waals surface area contributed by atoms with Crippen LogP contribution in [0.3, 0.4) is 0 Å². The lowest BCUT2D eigenvalue weighted by molar-refractivity contribution is 0.105. The van der Waals surface area contributed by atoms with Crippen molar-refractivity contribution in [2.75, 3.05) is 12.3 Å². The summed E-state index contributed by atoms with van der Waals surface area (Å²) < 4.78 is 7.34. The Balaban J connectivity index is 2.07. The average Bonchev–Trinajstić information content (AvgIpc) is 3.01. The van der Waals surface area contributed by atoms with Crippen LogP contribution in [0.25, 0.3) is 11.4 Å². The molecule has 2 atom stereocenters. The van der Waals surface area contributed by atoms with Gasteiger partial charge in [0.25, 0.3) is 0 Å². The Morgan fingerprint density at radius 1 is 1.47 bits per heavy atom. The molecule has 2 unspecified atom stereocenters. The maximum atomic E-state index is 6.23. The summed E-state index contributed by atoms with van der Waals surface area (Å²) in [6.45, 7) is 2.74. The third-order valence-corrected chi connectivity index (χ3v) is 3.83. The first-order chi connectivity index (χ1) is 9.18. The Labute approximate surface area is 115 Å². The van der Waals surface area contributed by atoms with E-state index in [9.17, 15) is 0 Å². The van der Waals surface area contributed by atoms with Crippen LogP contribution in [0.15, 0.2) is 18.2 Å². The van der Waals surface area contributed by atoms with Crippen LogP contribution < -0.4 is 5.73 Å². The number of nitrogen functional groups attached to an aromatic ring is 1. The summed E-state index contributed by atoms with van der Waals surface area (Å²) in [5, 5.41) is 12.4. The fourth-order valence-electron chi connectivity index (χ4n) is 2.36. The van der Waals surface area contributed by atoms with Crippen LogP contribution in [-0.4, -0.2) is 32.9 Å². The van der Waals surface area contributed by atoms with Crippen LogP contribution in [0, 0.1) is 0 Å². The number of hydrogen-bond acceptors (Lipinski definition) is 5. The van der Waals surface area contributed by atoms with Crippen molar-refractivity contribution in [2.24, 2.45) is 0 Å². The van der Waals surface area contributed by atoms with E-state index in [4.69, 9.17) is 22.1 Å². The predicted molar refractivity (Wildman–Crippen MR) is 71.7 cm³/mol. The van der Waals surface area contributed by atoms with Crippen LogP contribution in [0.4, 0.5) is 5.69 Å². The predicted octanol–water partition coefficient (Wildman–Crippen LogP) is 1.93. The van der Waals surface area contributed by atoms with E-state index in [-0.39, 0.29) is 12.1 Å². The molecule has 1 aliphatic heterocycles. The van der Waals surface area contributed by atoms with Gasteiger partial charge in [0.15, 0.2) is 5.82 Å². The van der Waals surface area contributed by atoms with Crippen molar-refractivity contribution in [1.82, 2.24) is 20.2 Å². The molecule has 1 aromatic carbocycles. The summed E-state index contributed by atoms with van der Waals surface area (Å²) in [4.78, 5) is 0. The molecule has 0 amide bonds. The Bertz CT molecular complexity index is 600. The summed E-state index contributed by atoms with van der Waals surface area (Å²) in [5.41, 5.74) is 7.08. The molecule has 0 bridgehead atoms. The van der Waals surface area contributed by atoms with Crippen molar-refractivity contribution in [2.45, 2.75) is 25.5 Å². The molecule has 2 aromatic rings. The lowest BCUT2D eigenvalue weighted by atomic mass is 10.1. The first-order valence-electron chi connectivity index (χ1n) is 6.12. The number of nitrogens with two attached hydrogens (primary N) is 1. The molecule has 7 heteroatoms. The van der Waals surface area contributed by atoms with E-state index >= 15 is 0 Å². The smallest absolute Gasteiger partial charge is 0.183 e. The van der Waals surface area contributed by atoms with Gasteiger partial charge in [-0.1, -0.05) is 17.7 Å². The van der Waals surface area contributed by atoms with E-state index in [2.05, 4.69) is 15.5 Å². The monoisotopic (exact) mass is 279 g/mol. The number of tetrazole rings is 1. The zero-order valence-electron chi connectivity index (χ0n) is 10.5. The Morgan fingerprint density at radius 3 is 3.05 bits per heavy atom. The summed E-state index contributed by atoms with van der Waals surface area (Å²) >= 11 is 6.23. The van der Waals surface area contributed by atoms with E-state index in [0.29, 0.717) is 16.5 Å². The lowest BCUT2D eigenvalue weighted by Gasteiger charge is -2.16. The van der Waals surface area contributed by atoms with Crippen LogP contribution in [0.2, 0.25) is 5.02 Å². The van der Waals surface area contributed by atoms with Gasteiger partial charge in [0, 0.05) is 12.2 Å². The highest BCUT2D eigenvalue weighted by molar-refractivity contribution is 6.35. The van der Waals surface area contributed by atoms with Crippen molar-refractivity contribution in [3.8, 4) is 11.4 Å². The molecule has 1 saturated heterocycles. The van der Waals surface area contributed by atoms with E-state index in [1.54, 1.807) is 10.7 Å². The first kappa shape index (κ1) is 12.4. The van der Waals surface area contributed by atoms with Crippen molar-refractivity contribution >= 4 is 17.3 Å². The molecule has 2 heterocycles. The third kappa shape index (κ3) is 2.06. The fraction of sp³-hybridized carbons (Fsp3) is 0.417. The van der Waals surface area contributed by atoms with Crippen molar-refractivity contribution in [3.05, 3.63) is 23.2 Å². The molecule has 3 rings (SSSR count). The molecule has 6 nitrogen and oxygen atoms in total. The van der Waals surface area contributed by atoms with Gasteiger partial charge in [-0.2, -0.15) is 0 Å². The molecule has 1 aliphatic rings. The SMILES string of the molecule is CC1OCCC1n1nnnc1-c1cccc(N)c1Cl. The second kappa shape index (κ2) is 4.79. The zero-order valence-corrected chi connectivity index (χ0v) is 11.2. The quantitative estimate of drug-likeness (QED) is 0.850. The van der Waals surface area contributed by atoms with Crippen LogP contribution in [-0.2, 0) is 4.74 Å². The summed E-state index contributed by atoms with van der Waals surface area (Å²) in [5.74, 6) is 0.625. The Morgan fingerprint density at radius 2 is 2.32 bits per heavy atom. The van der Waals surface area contributed by atoms with E-state index < -0.39 is 0 Å². The number of anilines is 1. The summed E-state index contributed by atoms with van der Waals surface area (Å²) in [7, 11) is 0. The number of hydrogen-bond donors (Lipinski definition) is 1. The molecule has 0 radical (unpaired) electrons. The topological polar surface area (TPSA) is 78.8 Å². The second-order valence-electron chi connectivity index (χ2n) is 4.59. The van der Waals surface area contributed by atoms with Gasteiger partial charge in [0.2, 0.25) is 0 Å². The molecule has 1 aromatic heterocycles. The molecule has 1 fully saturated rings. The zero-order chi connectivity index (χ0) is 13.4. The van der Waals surface area contributed by atoms with Crippen molar-refractivity contribution in [1.29, 1.82) is 0 Å². The minimum atomic E-state index is 0.0853. The molecular formula is C12H14ClN5O. The van der Waals surface area contributed by atoms with Gasteiger partial charge in [-0.05, 0) is 35.9 Å². The standard InChI is InChI=1S/C12H14ClN5O/c1-7-10(5-6-19-7)18-12(15-16-17-18)8-3-2-4-9(14)11(8)13/h2-4,7,10H,5-6,14H2,1H3. The number of ether oxygens (including phenoxy) is 1. The minimum Gasteiger partial charge on any atom is -0.398 e. The maximum absolute atomic E-state index is 6.23. The minimum absolute atomic E-state index is 0.0853. The summed E-state index contributed by atoms with van der Waals surface area (Å²) in [6, 6.07) is 5.58. The van der Waals surface area contributed by atoms with Gasteiger partial charge in [0.1, 0.15) is 0 Å². The second-order valence-corrected chi connectivity index (χ2v) is 4.97. The van der Waals surface area contributed by atoms with Crippen molar-refractivity contribution in [3.63, 3.8) is 0 Å². The van der Waals surface area contributed by atoms with Gasteiger partial charge in [0.05, 0.1) is 22.9 Å². The van der Waals surface area contributed by atoms with Gasteiger partial charge in [-0.25, -0.2) is 4.68 Å². The third-order valence-electron chi connectivity index (χ3n) is 3.41. The molecule has 0 aliphatic carbocycles. The number of benzene rings is 1. The number of rotatable bonds is 2. The average molecular weight is 280 g/mol. The molecule has 19 heavy (non-hydrogen) atoms. The normalized spacial score (nSPS) is 22.8. The molecule has 0 saturated carbocycles. The molecule has 100 valence electrons.